The number of amides is 4. The number of carbonyl (C=O) groups is 4. The Morgan fingerprint density at radius 3 is 2.29 bits per heavy atom. The molecule has 0 saturated carbocycles. The zero-order valence-corrected chi connectivity index (χ0v) is 12.4. The fraction of sp³-hybridized carbons (Fsp3) is 0.667. The Morgan fingerprint density at radius 1 is 1.24 bits per heavy atom. The van der Waals surface area contributed by atoms with Gasteiger partial charge in [-0.3, -0.25) is 19.3 Å². The molecule has 0 aliphatic carbocycles. The number of imide groups is 1. The molecular weight excluding hydrogens is 280 g/mol. The Kier molecular flexibility index (Phi) is 5.65. The number of likely N-dealkylation sites (N-methyl/N-ethyl adjacent to an activating group) is 2. The highest BCUT2D eigenvalue weighted by Gasteiger charge is 2.35. The normalized spacial score (nSPS) is 15.0. The van der Waals surface area contributed by atoms with Crippen LogP contribution in [0.1, 0.15) is 0 Å². The van der Waals surface area contributed by atoms with E-state index in [0.717, 1.165) is 9.80 Å². The monoisotopic (exact) mass is 300 g/mol. The number of urea groups is 1. The molecule has 1 N–H and O–H groups in total. The number of nitrogens with zero attached hydrogens (tertiary/aromatic N) is 4. The average molecular weight is 300 g/mol. The van der Waals surface area contributed by atoms with Crippen LogP contribution in [0.4, 0.5) is 4.79 Å². The minimum atomic E-state index is -1.14. The van der Waals surface area contributed by atoms with Gasteiger partial charge in [-0.05, 0) is 14.1 Å². The maximum atomic E-state index is 12.1. The zero-order valence-electron chi connectivity index (χ0n) is 12.4. The first-order valence-corrected chi connectivity index (χ1v) is 6.42. The second kappa shape index (κ2) is 7.02. The Hall–Kier alpha value is -2.16. The van der Waals surface area contributed by atoms with E-state index in [9.17, 15) is 19.2 Å². The third kappa shape index (κ3) is 4.71. The maximum absolute atomic E-state index is 12.1. The summed E-state index contributed by atoms with van der Waals surface area (Å²) in [6.07, 6.45) is 0. The van der Waals surface area contributed by atoms with Gasteiger partial charge in [0, 0.05) is 20.1 Å². The van der Waals surface area contributed by atoms with E-state index < -0.39 is 36.9 Å². The van der Waals surface area contributed by atoms with Crippen LogP contribution in [-0.4, -0.2) is 102 Å². The summed E-state index contributed by atoms with van der Waals surface area (Å²) in [5, 5.41) is 8.84. The summed E-state index contributed by atoms with van der Waals surface area (Å²) in [5.74, 6) is -2.16. The van der Waals surface area contributed by atoms with Gasteiger partial charge in [0.2, 0.25) is 5.91 Å². The minimum Gasteiger partial charge on any atom is -0.480 e. The van der Waals surface area contributed by atoms with Crippen molar-refractivity contribution < 1.29 is 24.3 Å². The number of aliphatic carboxylic acids is 1. The van der Waals surface area contributed by atoms with Gasteiger partial charge >= 0.3 is 12.0 Å². The lowest BCUT2D eigenvalue weighted by atomic mass is 10.4. The van der Waals surface area contributed by atoms with Crippen molar-refractivity contribution in [2.24, 2.45) is 0 Å². The lowest BCUT2D eigenvalue weighted by Crippen LogP contribution is -2.46. The molecular formula is C12H20N4O5. The molecule has 0 radical (unpaired) electrons. The number of carboxylic acids is 1. The third-order valence-electron chi connectivity index (χ3n) is 3.02. The van der Waals surface area contributed by atoms with Crippen LogP contribution in [-0.2, 0) is 14.4 Å². The largest absolute Gasteiger partial charge is 0.480 e. The Labute approximate surface area is 122 Å². The van der Waals surface area contributed by atoms with Gasteiger partial charge < -0.3 is 19.8 Å². The molecule has 1 fully saturated rings. The van der Waals surface area contributed by atoms with Crippen molar-refractivity contribution >= 4 is 23.8 Å². The summed E-state index contributed by atoms with van der Waals surface area (Å²) < 4.78 is 0. The first-order valence-electron chi connectivity index (χ1n) is 6.42. The van der Waals surface area contributed by atoms with Gasteiger partial charge in [-0.15, -0.1) is 0 Å². The average Bonchev–Trinajstić information content (AvgIpc) is 2.60. The van der Waals surface area contributed by atoms with Crippen molar-refractivity contribution in [3.05, 3.63) is 0 Å². The summed E-state index contributed by atoms with van der Waals surface area (Å²) in [6, 6.07) is -0.545. The molecule has 21 heavy (non-hydrogen) atoms. The molecule has 1 aliphatic heterocycles. The molecule has 118 valence electrons. The summed E-state index contributed by atoms with van der Waals surface area (Å²) in [6.45, 7) is -0.255. The van der Waals surface area contributed by atoms with E-state index in [0.29, 0.717) is 6.54 Å². The molecule has 0 aromatic heterocycles. The first kappa shape index (κ1) is 16.9. The first-order chi connectivity index (χ1) is 9.72. The van der Waals surface area contributed by atoms with Crippen LogP contribution in [0.15, 0.2) is 0 Å². The molecule has 1 aliphatic rings. The van der Waals surface area contributed by atoms with Crippen LogP contribution < -0.4 is 0 Å². The van der Waals surface area contributed by atoms with Crippen molar-refractivity contribution in [2.75, 3.05) is 53.9 Å². The zero-order chi connectivity index (χ0) is 16.2. The Bertz CT molecular complexity index is 451. The Morgan fingerprint density at radius 2 is 1.86 bits per heavy atom. The van der Waals surface area contributed by atoms with E-state index in [1.165, 1.54) is 11.9 Å². The van der Waals surface area contributed by atoms with Crippen LogP contribution in [0.5, 0.6) is 0 Å². The predicted octanol–water partition coefficient (Wildman–Crippen LogP) is -1.64. The van der Waals surface area contributed by atoms with Crippen LogP contribution in [0.2, 0.25) is 0 Å². The van der Waals surface area contributed by atoms with Crippen molar-refractivity contribution in [3.63, 3.8) is 0 Å². The predicted molar refractivity (Wildman–Crippen MR) is 72.5 cm³/mol. The standard InChI is InChI=1S/C12H20N4O5/c1-13(2)4-5-15(8-11(19)20)9(17)7-16-10(18)6-14(3)12(16)21/h4-8H2,1-3H3,(H,19,20). The molecule has 0 spiro atoms. The van der Waals surface area contributed by atoms with Gasteiger partial charge in [0.15, 0.2) is 0 Å². The summed E-state index contributed by atoms with van der Waals surface area (Å²) in [7, 11) is 5.06. The highest BCUT2D eigenvalue weighted by molar-refractivity contribution is 6.04. The fourth-order valence-corrected chi connectivity index (χ4v) is 1.84. The highest BCUT2D eigenvalue weighted by Crippen LogP contribution is 2.08. The molecule has 1 rings (SSSR count). The van der Waals surface area contributed by atoms with Crippen molar-refractivity contribution in [3.8, 4) is 0 Å². The number of carboxylic acid groups (broad SMARTS) is 1. The van der Waals surface area contributed by atoms with E-state index in [2.05, 4.69) is 0 Å². The van der Waals surface area contributed by atoms with E-state index in [-0.39, 0.29) is 13.1 Å². The number of rotatable bonds is 7. The van der Waals surface area contributed by atoms with E-state index in [1.54, 1.807) is 14.1 Å². The van der Waals surface area contributed by atoms with Crippen LogP contribution in [0.3, 0.4) is 0 Å². The second-order valence-electron chi connectivity index (χ2n) is 5.13. The molecule has 0 aromatic rings. The van der Waals surface area contributed by atoms with Crippen molar-refractivity contribution in [2.45, 2.75) is 0 Å². The SMILES string of the molecule is CN(C)CCN(CC(=O)O)C(=O)CN1C(=O)CN(C)C1=O. The van der Waals surface area contributed by atoms with Crippen molar-refractivity contribution in [1.82, 2.24) is 19.6 Å². The molecule has 0 aromatic carbocycles. The molecule has 0 unspecified atom stereocenters. The van der Waals surface area contributed by atoms with Crippen LogP contribution in [0.25, 0.3) is 0 Å². The molecule has 0 bridgehead atoms. The van der Waals surface area contributed by atoms with Gasteiger partial charge in [0.25, 0.3) is 5.91 Å². The Balaban J connectivity index is 2.69. The second-order valence-corrected chi connectivity index (χ2v) is 5.13. The van der Waals surface area contributed by atoms with Gasteiger partial charge in [0.05, 0.1) is 0 Å². The summed E-state index contributed by atoms with van der Waals surface area (Å²) in [4.78, 5) is 51.2. The molecule has 9 nitrogen and oxygen atoms in total. The van der Waals surface area contributed by atoms with E-state index in [4.69, 9.17) is 5.11 Å². The van der Waals surface area contributed by atoms with Gasteiger partial charge in [-0.1, -0.05) is 0 Å². The number of carbonyl (C=O) groups excluding carboxylic acids is 3. The van der Waals surface area contributed by atoms with E-state index >= 15 is 0 Å². The molecule has 9 heteroatoms. The van der Waals surface area contributed by atoms with Gasteiger partial charge in [-0.25, -0.2) is 4.79 Å². The topological polar surface area (TPSA) is 101 Å². The lowest BCUT2D eigenvalue weighted by Gasteiger charge is -2.24. The summed E-state index contributed by atoms with van der Waals surface area (Å²) >= 11 is 0. The molecule has 1 heterocycles. The quantitative estimate of drug-likeness (QED) is 0.566. The fourth-order valence-electron chi connectivity index (χ4n) is 1.84. The highest BCUT2D eigenvalue weighted by atomic mass is 16.4. The van der Waals surface area contributed by atoms with E-state index in [1.807, 2.05) is 4.90 Å². The van der Waals surface area contributed by atoms with Crippen LogP contribution >= 0.6 is 0 Å². The minimum absolute atomic E-state index is 0.0667. The van der Waals surface area contributed by atoms with Crippen LogP contribution in [0, 0.1) is 0 Å². The molecule has 0 atom stereocenters. The molecule has 1 saturated heterocycles. The smallest absolute Gasteiger partial charge is 0.327 e. The number of hydrogen-bond donors (Lipinski definition) is 1. The maximum Gasteiger partial charge on any atom is 0.327 e. The van der Waals surface area contributed by atoms with Gasteiger partial charge in [-0.2, -0.15) is 0 Å². The lowest BCUT2D eigenvalue weighted by molar-refractivity contribution is -0.145. The summed E-state index contributed by atoms with van der Waals surface area (Å²) in [5.41, 5.74) is 0. The third-order valence-corrected chi connectivity index (χ3v) is 3.02. The van der Waals surface area contributed by atoms with Gasteiger partial charge in [0.1, 0.15) is 19.6 Å². The molecule has 4 amide bonds. The van der Waals surface area contributed by atoms with Crippen molar-refractivity contribution in [1.29, 1.82) is 0 Å². The number of hydrogen-bond acceptors (Lipinski definition) is 5.